The number of nitrogens with one attached hydrogen (secondary N) is 1. The molecule has 0 aliphatic rings. The number of rotatable bonds is 3. The number of aromatic nitrogens is 2. The van der Waals surface area contributed by atoms with Crippen molar-refractivity contribution < 1.29 is 0 Å². The largest absolute Gasteiger partial charge is 0.380 e. The third kappa shape index (κ3) is 2.64. The van der Waals surface area contributed by atoms with Gasteiger partial charge in [-0.25, -0.2) is 0 Å². The van der Waals surface area contributed by atoms with Gasteiger partial charge in [0.15, 0.2) is 0 Å². The molecule has 3 nitrogen and oxygen atoms in total. The molecule has 0 atom stereocenters. The summed E-state index contributed by atoms with van der Waals surface area (Å²) in [5.41, 5.74) is 3.54. The molecule has 0 saturated heterocycles. The van der Waals surface area contributed by atoms with Crippen LogP contribution in [0.4, 0.5) is 5.69 Å². The van der Waals surface area contributed by atoms with Crippen LogP contribution < -0.4 is 5.32 Å². The third-order valence-electron chi connectivity index (χ3n) is 2.36. The monoisotopic (exact) mass is 279 g/mol. The summed E-state index contributed by atoms with van der Waals surface area (Å²) >= 11 is 3.53. The maximum absolute atomic E-state index is 4.13. The maximum atomic E-state index is 4.13. The summed E-state index contributed by atoms with van der Waals surface area (Å²) in [7, 11) is 1.92. The van der Waals surface area contributed by atoms with Crippen molar-refractivity contribution in [2.45, 2.75) is 13.5 Å². The molecule has 0 bridgehead atoms. The van der Waals surface area contributed by atoms with Gasteiger partial charge in [-0.3, -0.25) is 4.68 Å². The molecule has 84 valence electrons. The van der Waals surface area contributed by atoms with Crippen LogP contribution in [0.5, 0.6) is 0 Å². The molecule has 1 N–H and O–H groups in total. The summed E-state index contributed by atoms with van der Waals surface area (Å²) in [6.45, 7) is 2.87. The number of hydrogen-bond donors (Lipinski definition) is 1. The Hall–Kier alpha value is -1.29. The molecule has 0 amide bonds. The van der Waals surface area contributed by atoms with Crippen molar-refractivity contribution in [2.24, 2.45) is 7.05 Å². The molecular formula is C12H14BrN3. The first-order chi connectivity index (χ1) is 7.65. The second-order valence-corrected chi connectivity index (χ2v) is 4.71. The maximum Gasteiger partial charge on any atom is 0.0539 e. The first kappa shape index (κ1) is 11.2. The summed E-state index contributed by atoms with van der Waals surface area (Å²) in [5.74, 6) is 0. The van der Waals surface area contributed by atoms with Crippen LogP contribution in [0.1, 0.15) is 11.1 Å². The van der Waals surface area contributed by atoms with E-state index in [0.717, 1.165) is 16.7 Å². The summed E-state index contributed by atoms with van der Waals surface area (Å²) in [6, 6.07) is 6.26. The first-order valence-electron chi connectivity index (χ1n) is 5.13. The Labute approximate surface area is 104 Å². The smallest absolute Gasteiger partial charge is 0.0539 e. The number of hydrogen-bond acceptors (Lipinski definition) is 2. The highest BCUT2D eigenvalue weighted by Crippen LogP contribution is 2.23. The third-order valence-corrected chi connectivity index (χ3v) is 3.05. The molecule has 1 aromatic carbocycles. The van der Waals surface area contributed by atoms with E-state index in [9.17, 15) is 0 Å². The molecule has 0 aliphatic carbocycles. The van der Waals surface area contributed by atoms with Crippen LogP contribution in [-0.4, -0.2) is 9.78 Å². The Balaban J connectivity index is 2.07. The molecule has 16 heavy (non-hydrogen) atoms. The predicted octanol–water partition coefficient (Wildman–Crippen LogP) is 3.10. The predicted molar refractivity (Wildman–Crippen MR) is 69.4 cm³/mol. The van der Waals surface area contributed by atoms with E-state index in [0.29, 0.717) is 0 Å². The second-order valence-electron chi connectivity index (χ2n) is 3.86. The molecule has 2 rings (SSSR count). The average molecular weight is 280 g/mol. The summed E-state index contributed by atoms with van der Waals surface area (Å²) in [5, 5.41) is 7.52. The van der Waals surface area contributed by atoms with Crippen LogP contribution in [-0.2, 0) is 13.6 Å². The quantitative estimate of drug-likeness (QED) is 0.936. The van der Waals surface area contributed by atoms with Crippen molar-refractivity contribution in [3.05, 3.63) is 46.2 Å². The van der Waals surface area contributed by atoms with Gasteiger partial charge in [0.05, 0.1) is 6.20 Å². The van der Waals surface area contributed by atoms with Gasteiger partial charge in [-0.05, 0) is 40.5 Å². The minimum absolute atomic E-state index is 0.788. The zero-order valence-corrected chi connectivity index (χ0v) is 11.0. The Morgan fingerprint density at radius 3 is 2.94 bits per heavy atom. The number of aryl methyl sites for hydroxylation is 2. The van der Waals surface area contributed by atoms with E-state index >= 15 is 0 Å². The zero-order valence-electron chi connectivity index (χ0n) is 9.37. The minimum Gasteiger partial charge on any atom is -0.380 e. The number of nitrogens with zero attached hydrogens (tertiary/aromatic N) is 2. The molecule has 2 aromatic rings. The molecule has 1 heterocycles. The fourth-order valence-electron chi connectivity index (χ4n) is 1.54. The van der Waals surface area contributed by atoms with E-state index in [4.69, 9.17) is 0 Å². The highest BCUT2D eigenvalue weighted by molar-refractivity contribution is 9.10. The average Bonchev–Trinajstić information content (AvgIpc) is 2.66. The lowest BCUT2D eigenvalue weighted by Gasteiger charge is -2.08. The van der Waals surface area contributed by atoms with Crippen molar-refractivity contribution in [3.63, 3.8) is 0 Å². The lowest BCUT2D eigenvalue weighted by molar-refractivity contribution is 0.767. The molecule has 0 aliphatic heterocycles. The lowest BCUT2D eigenvalue weighted by Crippen LogP contribution is -1.99. The van der Waals surface area contributed by atoms with Crippen LogP contribution >= 0.6 is 15.9 Å². The molecular weight excluding hydrogens is 266 g/mol. The van der Waals surface area contributed by atoms with Gasteiger partial charge in [0, 0.05) is 35.5 Å². The van der Waals surface area contributed by atoms with Crippen LogP contribution in [0.3, 0.4) is 0 Å². The van der Waals surface area contributed by atoms with Crippen LogP contribution in [0.15, 0.2) is 35.1 Å². The van der Waals surface area contributed by atoms with Gasteiger partial charge in [-0.15, -0.1) is 0 Å². The van der Waals surface area contributed by atoms with E-state index < -0.39 is 0 Å². The lowest BCUT2D eigenvalue weighted by atomic mass is 10.2. The van der Waals surface area contributed by atoms with E-state index in [-0.39, 0.29) is 0 Å². The molecule has 0 unspecified atom stereocenters. The highest BCUT2D eigenvalue weighted by Gasteiger charge is 2.00. The van der Waals surface area contributed by atoms with Crippen LogP contribution in [0, 0.1) is 6.92 Å². The normalized spacial score (nSPS) is 10.4. The fraction of sp³-hybridized carbons (Fsp3) is 0.250. The number of halogens is 1. The summed E-state index contributed by atoms with van der Waals surface area (Å²) in [6.07, 6.45) is 3.88. The fourth-order valence-corrected chi connectivity index (χ4v) is 1.92. The number of anilines is 1. The number of benzene rings is 1. The van der Waals surface area contributed by atoms with Crippen molar-refractivity contribution in [1.29, 1.82) is 0 Å². The van der Waals surface area contributed by atoms with Gasteiger partial charge in [0.25, 0.3) is 0 Å². The summed E-state index contributed by atoms with van der Waals surface area (Å²) < 4.78 is 2.89. The van der Waals surface area contributed by atoms with Crippen molar-refractivity contribution in [3.8, 4) is 0 Å². The van der Waals surface area contributed by atoms with Gasteiger partial charge in [0.1, 0.15) is 0 Å². The van der Waals surface area contributed by atoms with Crippen molar-refractivity contribution in [2.75, 3.05) is 5.32 Å². The van der Waals surface area contributed by atoms with Crippen LogP contribution in [0.2, 0.25) is 0 Å². The van der Waals surface area contributed by atoms with E-state index in [1.165, 1.54) is 11.1 Å². The van der Waals surface area contributed by atoms with Gasteiger partial charge >= 0.3 is 0 Å². The van der Waals surface area contributed by atoms with Gasteiger partial charge in [-0.2, -0.15) is 5.10 Å². The van der Waals surface area contributed by atoms with Crippen molar-refractivity contribution in [1.82, 2.24) is 9.78 Å². The second kappa shape index (κ2) is 4.70. The van der Waals surface area contributed by atoms with Crippen LogP contribution in [0.25, 0.3) is 0 Å². The molecule has 0 saturated carbocycles. The standard InChI is InChI=1S/C12H14BrN3/c1-9-3-4-11(13)12(5-9)14-6-10-7-15-16(2)8-10/h3-5,7-8,14H,6H2,1-2H3. The van der Waals surface area contributed by atoms with E-state index in [1.807, 2.05) is 24.1 Å². The molecule has 4 heteroatoms. The Bertz CT molecular complexity index is 491. The van der Waals surface area contributed by atoms with E-state index in [1.54, 1.807) is 0 Å². The van der Waals surface area contributed by atoms with Gasteiger partial charge < -0.3 is 5.32 Å². The Morgan fingerprint density at radius 1 is 1.44 bits per heavy atom. The Kier molecular flexibility index (Phi) is 3.29. The molecule has 0 radical (unpaired) electrons. The molecule has 0 spiro atoms. The molecule has 0 fully saturated rings. The first-order valence-corrected chi connectivity index (χ1v) is 5.92. The Morgan fingerprint density at radius 2 is 2.25 bits per heavy atom. The zero-order chi connectivity index (χ0) is 11.5. The van der Waals surface area contributed by atoms with Crippen molar-refractivity contribution >= 4 is 21.6 Å². The van der Waals surface area contributed by atoms with Gasteiger partial charge in [0.2, 0.25) is 0 Å². The SMILES string of the molecule is Cc1ccc(Br)c(NCc2cnn(C)c2)c1. The van der Waals surface area contributed by atoms with Gasteiger partial charge in [-0.1, -0.05) is 6.07 Å². The van der Waals surface area contributed by atoms with E-state index in [2.05, 4.69) is 51.5 Å². The highest BCUT2D eigenvalue weighted by atomic mass is 79.9. The molecule has 1 aromatic heterocycles. The summed E-state index contributed by atoms with van der Waals surface area (Å²) in [4.78, 5) is 0. The topological polar surface area (TPSA) is 29.9 Å². The minimum atomic E-state index is 0.788.